The molecule has 92 heavy (non-hydrogen) atoms. The highest BCUT2D eigenvalue weighted by molar-refractivity contribution is 8.04. The number of thioether (sulfide) groups is 4. The van der Waals surface area contributed by atoms with Gasteiger partial charge in [0.15, 0.2) is 23.0 Å². The van der Waals surface area contributed by atoms with Crippen LogP contribution in [0.2, 0.25) is 0 Å². The second-order valence-corrected chi connectivity index (χ2v) is 38.1. The first-order valence-electron chi connectivity index (χ1n) is 34.1. The van der Waals surface area contributed by atoms with Crippen molar-refractivity contribution in [2.45, 2.75) is 164 Å². The molecule has 0 bridgehead atoms. The van der Waals surface area contributed by atoms with Crippen LogP contribution in [0.1, 0.15) is 170 Å². The number of hydrogen-bond donors (Lipinski definition) is 0. The van der Waals surface area contributed by atoms with Crippen molar-refractivity contribution >= 4 is 101 Å². The van der Waals surface area contributed by atoms with Gasteiger partial charge < -0.3 is 18.9 Å². The van der Waals surface area contributed by atoms with Crippen LogP contribution in [0.5, 0.6) is 23.0 Å². The van der Waals surface area contributed by atoms with E-state index in [2.05, 4.69) is 212 Å². The van der Waals surface area contributed by atoms with Crippen LogP contribution in [-0.2, 0) is 44.9 Å². The van der Waals surface area contributed by atoms with E-state index >= 15 is 0 Å². The SMILES string of the molecule is CC1CC2c3c(ccc4c3SC(C)(CCc3ccc5c(c3)SC(C3=CSC6(C)C3CC(C)C3c7c(ccc8cc(CCc9ccc%10c(c9)OC(C9CSC%11=C9C=CC9c%12c(ccc%13cc(CCc%14ccc%15c(c%14)OCO%15)sc%12%13)C%119)CO%10)sc78)C36)C5)C4)C2c2sccc21. The summed E-state index contributed by atoms with van der Waals surface area (Å²) in [4.78, 5) is 9.37. The minimum absolute atomic E-state index is 0.00560. The maximum atomic E-state index is 7.02. The minimum Gasteiger partial charge on any atom is -0.486 e. The Bertz CT molecular complexity index is 4790. The first-order valence-corrected chi connectivity index (χ1v) is 40.1. The molecular formula is C81H72O4S7. The van der Waals surface area contributed by atoms with E-state index in [1.807, 2.05) is 28.7 Å². The van der Waals surface area contributed by atoms with Gasteiger partial charge in [-0.05, 0) is 261 Å². The van der Waals surface area contributed by atoms with Crippen LogP contribution in [0.4, 0.5) is 0 Å². The van der Waals surface area contributed by atoms with Crippen LogP contribution in [0.15, 0.2) is 158 Å². The monoisotopic (exact) mass is 1330 g/mol. The van der Waals surface area contributed by atoms with E-state index in [9.17, 15) is 0 Å². The third-order valence-electron chi connectivity index (χ3n) is 24.4. The van der Waals surface area contributed by atoms with E-state index in [1.165, 1.54) is 85.2 Å². The van der Waals surface area contributed by atoms with Gasteiger partial charge in [0.25, 0.3) is 0 Å². The van der Waals surface area contributed by atoms with Gasteiger partial charge in [0, 0.05) is 83.9 Å². The average molecular weight is 1330 g/mol. The molecule has 1 saturated carbocycles. The number of allylic oxidation sites excluding steroid dienone is 3. The highest BCUT2D eigenvalue weighted by atomic mass is 32.2. The van der Waals surface area contributed by atoms with E-state index in [4.69, 9.17) is 18.9 Å². The predicted octanol–water partition coefficient (Wildman–Crippen LogP) is 21.4. The Morgan fingerprint density at radius 3 is 2.23 bits per heavy atom. The summed E-state index contributed by atoms with van der Waals surface area (Å²) in [6.45, 7) is 11.2. The smallest absolute Gasteiger partial charge is 0.231 e. The highest BCUT2D eigenvalue weighted by Gasteiger charge is 2.62. The molecule has 11 heteroatoms. The van der Waals surface area contributed by atoms with Crippen molar-refractivity contribution in [3.8, 4) is 23.0 Å². The van der Waals surface area contributed by atoms with Crippen LogP contribution in [0.25, 0.3) is 20.2 Å². The van der Waals surface area contributed by atoms with E-state index in [-0.39, 0.29) is 15.6 Å². The molecule has 462 valence electrons. The Kier molecular flexibility index (Phi) is 12.6. The third-order valence-corrected chi connectivity index (χ3v) is 33.6. The number of hydrogen-bond acceptors (Lipinski definition) is 11. The highest BCUT2D eigenvalue weighted by Crippen LogP contribution is 2.72. The first kappa shape index (κ1) is 56.0. The lowest BCUT2D eigenvalue weighted by Gasteiger charge is -2.58. The van der Waals surface area contributed by atoms with Gasteiger partial charge in [0.2, 0.25) is 6.79 Å². The van der Waals surface area contributed by atoms with Gasteiger partial charge in [-0.2, -0.15) is 0 Å². The Hall–Kier alpha value is -5.24. The van der Waals surface area contributed by atoms with E-state index in [1.54, 1.807) is 74.4 Å². The lowest BCUT2D eigenvalue weighted by molar-refractivity contribution is 0.0663. The summed E-state index contributed by atoms with van der Waals surface area (Å²) in [5.41, 5.74) is 21.9. The summed E-state index contributed by atoms with van der Waals surface area (Å²) in [7, 11) is 0. The van der Waals surface area contributed by atoms with Gasteiger partial charge in [-0.3, -0.25) is 0 Å². The van der Waals surface area contributed by atoms with Crippen molar-refractivity contribution < 1.29 is 18.9 Å². The third kappa shape index (κ3) is 8.29. The molecule has 0 radical (unpaired) electrons. The molecule has 6 aromatic carbocycles. The van der Waals surface area contributed by atoms with Crippen LogP contribution < -0.4 is 18.9 Å². The molecule has 6 aliphatic carbocycles. The van der Waals surface area contributed by atoms with Crippen molar-refractivity contribution in [2.75, 3.05) is 19.2 Å². The van der Waals surface area contributed by atoms with Crippen molar-refractivity contribution in [1.82, 2.24) is 0 Å². The van der Waals surface area contributed by atoms with Gasteiger partial charge in [-0.25, -0.2) is 0 Å². The lowest BCUT2D eigenvalue weighted by Crippen LogP contribution is -2.51. The summed E-state index contributed by atoms with van der Waals surface area (Å²) in [6.07, 6.45) is 16.4. The Balaban J connectivity index is 0.458. The van der Waals surface area contributed by atoms with Crippen molar-refractivity contribution in [1.29, 1.82) is 0 Å². The zero-order chi connectivity index (χ0) is 60.6. The van der Waals surface area contributed by atoms with Crippen molar-refractivity contribution in [3.05, 3.63) is 230 Å². The number of benzene rings is 6. The van der Waals surface area contributed by atoms with Gasteiger partial charge in [0.1, 0.15) is 12.7 Å². The maximum Gasteiger partial charge on any atom is 0.231 e. The van der Waals surface area contributed by atoms with Crippen LogP contribution >= 0.6 is 81.1 Å². The number of thiophene rings is 3. The molecule has 9 heterocycles. The molecule has 4 nitrogen and oxygen atoms in total. The molecule has 14 atom stereocenters. The molecule has 1 fully saturated rings. The largest absolute Gasteiger partial charge is 0.486 e. The molecule has 0 spiro atoms. The predicted molar refractivity (Wildman–Crippen MR) is 386 cm³/mol. The first-order chi connectivity index (χ1) is 45.0. The van der Waals surface area contributed by atoms with Gasteiger partial charge >= 0.3 is 0 Å². The Labute approximate surface area is 568 Å². The summed E-state index contributed by atoms with van der Waals surface area (Å²) in [5.74, 6) is 10.3. The molecule has 6 aliphatic heterocycles. The fourth-order valence-electron chi connectivity index (χ4n) is 19.8. The average Bonchev–Trinajstić information content (AvgIpc) is 1.31. The van der Waals surface area contributed by atoms with Crippen LogP contribution in [0, 0.1) is 17.8 Å². The Morgan fingerprint density at radius 2 is 1.38 bits per heavy atom. The quantitative estimate of drug-likeness (QED) is 0.127. The summed E-state index contributed by atoms with van der Waals surface area (Å²) < 4.78 is 28.3. The number of fused-ring (bicyclic) bond motifs is 26. The molecule has 3 aromatic heterocycles. The fourth-order valence-corrected chi connectivity index (χ4v) is 29.8. The topological polar surface area (TPSA) is 36.9 Å². The number of aryl methyl sites for hydroxylation is 5. The van der Waals surface area contributed by atoms with Crippen LogP contribution in [0.3, 0.4) is 0 Å². The lowest BCUT2D eigenvalue weighted by atomic mass is 9.50. The summed E-state index contributed by atoms with van der Waals surface area (Å²) in [6, 6.07) is 42.9. The van der Waals surface area contributed by atoms with Crippen molar-refractivity contribution in [3.63, 3.8) is 0 Å². The second-order valence-electron chi connectivity index (χ2n) is 29.6. The van der Waals surface area contributed by atoms with Gasteiger partial charge in [-0.15, -0.1) is 81.1 Å². The number of rotatable bonds is 11. The maximum absolute atomic E-state index is 7.02. The molecule has 9 aromatic rings. The molecule has 0 N–H and O–H groups in total. The van der Waals surface area contributed by atoms with Crippen molar-refractivity contribution in [2.24, 2.45) is 17.8 Å². The molecule has 14 unspecified atom stereocenters. The van der Waals surface area contributed by atoms with E-state index < -0.39 is 0 Å². The standard InChI is InChI=1S/C81H72O4S7/c1-40-27-57-71-54(72(57)78-51(40)24-26-86-78)17-13-48-35-80(3,92-77(48)71)25-23-44-5-10-45-34-67(91-66(45)31-44)59-38-88-81(4)60(59)28-41(2)68-73-56(74(68)81)18-12-47-33-50(90-76(47)73)15-7-43-9-22-62-64(30-43)85-65(36-82-62)58-37-87-79-52(58)19-20-55-69-53(70(55)79)16-11-46-32-49(89-75(46)69)14-6-42-8-21-61-63(29-42)84-39-83-61/h5,8-13,16-22,24,26,29-33,38,40-41,55,57-58,60,65,67-68,70,72,74H,6-7,14-15,23,25,27-28,34-37,39H2,1-4H3. The Morgan fingerprint density at radius 1 is 0.641 bits per heavy atom. The number of ether oxygens (including phenoxy) is 4. The van der Waals surface area contributed by atoms with E-state index in [0.717, 1.165) is 60.9 Å². The molecule has 0 saturated heterocycles. The van der Waals surface area contributed by atoms with E-state index in [0.29, 0.717) is 77.8 Å². The summed E-state index contributed by atoms with van der Waals surface area (Å²) in [5, 5.41) is 8.38. The van der Waals surface area contributed by atoms with Crippen LogP contribution in [-0.4, -0.2) is 40.0 Å². The minimum atomic E-state index is -0.00560. The normalized spacial score (nSPS) is 31.2. The zero-order valence-electron chi connectivity index (χ0n) is 52.3. The second kappa shape index (κ2) is 20.6. The molecule has 0 amide bonds. The molecule has 21 rings (SSSR count). The zero-order valence-corrected chi connectivity index (χ0v) is 58.0. The fraction of sp³-hybridized carbons (Fsp3) is 0.383. The van der Waals surface area contributed by atoms with Gasteiger partial charge in [-0.1, -0.05) is 86.7 Å². The molecular weight excluding hydrogens is 1260 g/mol. The van der Waals surface area contributed by atoms with Gasteiger partial charge in [0.05, 0.1) is 0 Å². The molecule has 12 aliphatic rings. The summed E-state index contributed by atoms with van der Waals surface area (Å²) >= 11 is 14.8.